The van der Waals surface area contributed by atoms with Crippen LogP contribution in [0.1, 0.15) is 26.1 Å². The molecule has 2 heterocycles. The Bertz CT molecular complexity index is 632. The van der Waals surface area contributed by atoms with E-state index < -0.39 is 13.0 Å². The van der Waals surface area contributed by atoms with Gasteiger partial charge in [-0.2, -0.15) is 5.10 Å². The number of rotatable bonds is 5. The average molecular weight is 270 g/mol. The molecule has 2 aromatic rings. The molecule has 2 aromatic heterocycles. The van der Waals surface area contributed by atoms with Crippen LogP contribution in [0.2, 0.25) is 0 Å². The molecule has 0 aliphatic rings. The molecule has 0 spiro atoms. The van der Waals surface area contributed by atoms with Gasteiger partial charge in [0.15, 0.2) is 5.65 Å². The van der Waals surface area contributed by atoms with Gasteiger partial charge in [0.1, 0.15) is 17.8 Å². The maximum absolute atomic E-state index is 12.4. The predicted molar refractivity (Wildman–Crippen MR) is 67.5 cm³/mol. The number of halogens is 2. The molecule has 0 radical (unpaired) electrons. The second-order valence-corrected chi connectivity index (χ2v) is 4.29. The van der Waals surface area contributed by atoms with E-state index >= 15 is 0 Å². The van der Waals surface area contributed by atoms with Crippen LogP contribution in [0, 0.1) is 0 Å². The van der Waals surface area contributed by atoms with Gasteiger partial charge in [0.25, 0.3) is 12.0 Å². The van der Waals surface area contributed by atoms with Crippen molar-refractivity contribution in [1.29, 1.82) is 0 Å². The van der Waals surface area contributed by atoms with Crippen LogP contribution in [0.3, 0.4) is 0 Å². The number of nitrogens with zero attached hydrogens (tertiary/aromatic N) is 4. The number of alkyl halides is 2. The number of aryl methyl sites for hydroxylation is 1. The van der Waals surface area contributed by atoms with Gasteiger partial charge >= 0.3 is 0 Å². The standard InChI is InChI=1S/C12H16F2N4O/c1-3-5-17-10(4-2)16-11-8(12(17)19)6-15-18(11)7-9(13)14/h6,9H,3-5,7H2,1-2H3. The van der Waals surface area contributed by atoms with Crippen molar-refractivity contribution in [1.82, 2.24) is 19.3 Å². The Morgan fingerprint density at radius 2 is 2.11 bits per heavy atom. The third-order valence-electron chi connectivity index (χ3n) is 2.91. The molecule has 104 valence electrons. The Morgan fingerprint density at radius 3 is 2.68 bits per heavy atom. The lowest BCUT2D eigenvalue weighted by molar-refractivity contribution is 0.123. The quantitative estimate of drug-likeness (QED) is 0.833. The van der Waals surface area contributed by atoms with Crippen molar-refractivity contribution in [3.63, 3.8) is 0 Å². The smallest absolute Gasteiger partial charge is 0.264 e. The second kappa shape index (κ2) is 5.46. The van der Waals surface area contributed by atoms with E-state index in [4.69, 9.17) is 0 Å². The molecular weight excluding hydrogens is 254 g/mol. The molecule has 0 aromatic carbocycles. The number of fused-ring (bicyclic) bond motifs is 1. The van der Waals surface area contributed by atoms with E-state index in [2.05, 4.69) is 10.1 Å². The Hall–Kier alpha value is -1.79. The fourth-order valence-electron chi connectivity index (χ4n) is 2.08. The molecule has 0 fully saturated rings. The minimum Gasteiger partial charge on any atom is -0.296 e. The van der Waals surface area contributed by atoms with E-state index in [0.29, 0.717) is 24.2 Å². The fraction of sp³-hybridized carbons (Fsp3) is 0.583. The van der Waals surface area contributed by atoms with Crippen LogP contribution in [-0.4, -0.2) is 25.8 Å². The summed E-state index contributed by atoms with van der Waals surface area (Å²) >= 11 is 0. The van der Waals surface area contributed by atoms with E-state index in [1.807, 2.05) is 13.8 Å². The van der Waals surface area contributed by atoms with Gasteiger partial charge in [-0.15, -0.1) is 0 Å². The van der Waals surface area contributed by atoms with Crippen molar-refractivity contribution < 1.29 is 8.78 Å². The highest BCUT2D eigenvalue weighted by Gasteiger charge is 2.15. The van der Waals surface area contributed by atoms with E-state index in [0.717, 1.165) is 11.1 Å². The van der Waals surface area contributed by atoms with Crippen molar-refractivity contribution in [3.05, 3.63) is 22.4 Å². The third-order valence-corrected chi connectivity index (χ3v) is 2.91. The number of hydrogen-bond acceptors (Lipinski definition) is 3. The maximum Gasteiger partial charge on any atom is 0.264 e. The number of hydrogen-bond donors (Lipinski definition) is 0. The topological polar surface area (TPSA) is 52.7 Å². The van der Waals surface area contributed by atoms with E-state index in [-0.39, 0.29) is 11.2 Å². The minimum atomic E-state index is -2.52. The van der Waals surface area contributed by atoms with E-state index in [9.17, 15) is 13.6 Å². The molecule has 0 saturated heterocycles. The van der Waals surface area contributed by atoms with Gasteiger partial charge in [-0.1, -0.05) is 13.8 Å². The summed E-state index contributed by atoms with van der Waals surface area (Å²) in [5, 5.41) is 4.13. The van der Waals surface area contributed by atoms with Crippen LogP contribution in [0.5, 0.6) is 0 Å². The van der Waals surface area contributed by atoms with Gasteiger partial charge in [-0.05, 0) is 6.42 Å². The first-order valence-electron chi connectivity index (χ1n) is 6.31. The first-order chi connectivity index (χ1) is 9.08. The zero-order valence-electron chi connectivity index (χ0n) is 10.9. The molecule has 0 bridgehead atoms. The van der Waals surface area contributed by atoms with Gasteiger partial charge in [-0.25, -0.2) is 18.4 Å². The van der Waals surface area contributed by atoms with Crippen molar-refractivity contribution in [2.24, 2.45) is 0 Å². The largest absolute Gasteiger partial charge is 0.296 e. The summed E-state index contributed by atoms with van der Waals surface area (Å²) in [5.41, 5.74) is 0.0405. The lowest BCUT2D eigenvalue weighted by Crippen LogP contribution is -2.25. The van der Waals surface area contributed by atoms with E-state index in [1.54, 1.807) is 4.57 Å². The summed E-state index contributed by atoms with van der Waals surface area (Å²) in [7, 11) is 0. The van der Waals surface area contributed by atoms with Gasteiger partial charge in [0.2, 0.25) is 0 Å². The Kier molecular flexibility index (Phi) is 3.92. The molecular formula is C12H16F2N4O. The Balaban J connectivity index is 2.64. The Morgan fingerprint density at radius 1 is 1.37 bits per heavy atom. The van der Waals surface area contributed by atoms with Crippen LogP contribution in [0.4, 0.5) is 8.78 Å². The molecule has 0 saturated carbocycles. The van der Waals surface area contributed by atoms with Gasteiger partial charge < -0.3 is 0 Å². The average Bonchev–Trinajstić information content (AvgIpc) is 2.75. The zero-order chi connectivity index (χ0) is 14.0. The van der Waals surface area contributed by atoms with Crippen LogP contribution >= 0.6 is 0 Å². The molecule has 5 nitrogen and oxygen atoms in total. The molecule has 0 unspecified atom stereocenters. The predicted octanol–water partition coefficient (Wildman–Crippen LogP) is 1.83. The molecule has 0 aliphatic heterocycles. The highest BCUT2D eigenvalue weighted by atomic mass is 19.3. The van der Waals surface area contributed by atoms with Gasteiger partial charge in [0, 0.05) is 13.0 Å². The first-order valence-corrected chi connectivity index (χ1v) is 6.31. The normalized spacial score (nSPS) is 11.6. The zero-order valence-corrected chi connectivity index (χ0v) is 10.9. The van der Waals surface area contributed by atoms with Crippen LogP contribution < -0.4 is 5.56 Å². The van der Waals surface area contributed by atoms with Gasteiger partial charge in [-0.3, -0.25) is 9.36 Å². The highest BCUT2D eigenvalue weighted by Crippen LogP contribution is 2.11. The summed E-state index contributed by atoms with van der Waals surface area (Å²) in [6.07, 6.45) is 0.183. The summed E-state index contributed by atoms with van der Waals surface area (Å²) in [5.74, 6) is 0.607. The molecule has 0 amide bonds. The minimum absolute atomic E-state index is 0.204. The summed E-state index contributed by atoms with van der Waals surface area (Å²) in [6, 6.07) is 0. The molecule has 2 rings (SSSR count). The Labute approximate surface area is 108 Å². The van der Waals surface area contributed by atoms with Crippen LogP contribution in [0.25, 0.3) is 11.0 Å². The van der Waals surface area contributed by atoms with Crippen molar-refractivity contribution in [3.8, 4) is 0 Å². The lowest BCUT2D eigenvalue weighted by Gasteiger charge is -2.10. The monoisotopic (exact) mass is 270 g/mol. The van der Waals surface area contributed by atoms with Crippen molar-refractivity contribution in [2.45, 2.75) is 46.2 Å². The molecule has 19 heavy (non-hydrogen) atoms. The molecule has 0 aliphatic carbocycles. The van der Waals surface area contributed by atoms with Crippen LogP contribution in [0.15, 0.2) is 11.0 Å². The second-order valence-electron chi connectivity index (χ2n) is 4.29. The molecule has 0 N–H and O–H groups in total. The fourth-order valence-corrected chi connectivity index (χ4v) is 2.08. The maximum atomic E-state index is 12.4. The summed E-state index contributed by atoms with van der Waals surface area (Å²) < 4.78 is 27.6. The van der Waals surface area contributed by atoms with Crippen LogP contribution in [-0.2, 0) is 19.5 Å². The van der Waals surface area contributed by atoms with Crippen molar-refractivity contribution in [2.75, 3.05) is 0 Å². The third kappa shape index (κ3) is 2.50. The SMILES string of the molecule is CCCn1c(CC)nc2c(cnn2CC(F)F)c1=O. The van der Waals surface area contributed by atoms with E-state index in [1.165, 1.54) is 6.20 Å². The number of aromatic nitrogens is 4. The first kappa shape index (κ1) is 13.6. The van der Waals surface area contributed by atoms with Crippen molar-refractivity contribution >= 4 is 11.0 Å². The summed E-state index contributed by atoms with van der Waals surface area (Å²) in [6.45, 7) is 3.88. The molecule has 0 atom stereocenters. The lowest BCUT2D eigenvalue weighted by atomic mass is 10.3. The highest BCUT2D eigenvalue weighted by molar-refractivity contribution is 5.73. The molecule has 7 heteroatoms. The van der Waals surface area contributed by atoms with Gasteiger partial charge in [0.05, 0.1) is 6.20 Å². The summed E-state index contributed by atoms with van der Waals surface area (Å²) in [4.78, 5) is 16.6.